The molecular weight excluding hydrogens is 1130 g/mol. The lowest BCUT2D eigenvalue weighted by atomic mass is 9.86. The summed E-state index contributed by atoms with van der Waals surface area (Å²) in [6.07, 6.45) is 9.66. The fourth-order valence-corrected chi connectivity index (χ4v) is 14.2. The number of phenols is 1. The predicted octanol–water partition coefficient (Wildman–Crippen LogP) is 8.26. The number of likely N-dealkylation sites (tertiary alicyclic amines) is 1. The first-order chi connectivity index (χ1) is 41.4. The monoisotopic (exact) mass is 1190 g/mol. The van der Waals surface area contributed by atoms with Gasteiger partial charge in [-0.2, -0.15) is 14.3 Å². The molecule has 5 aromatic carbocycles. The molecule has 3 aromatic heterocycles. The zero-order valence-electron chi connectivity index (χ0n) is 48.3. The van der Waals surface area contributed by atoms with Crippen LogP contribution in [0.2, 0.25) is 0 Å². The predicted molar refractivity (Wildman–Crippen MR) is 317 cm³/mol. The summed E-state index contributed by atoms with van der Waals surface area (Å²) in [5.74, 6) is 0.810. The Hall–Kier alpha value is -8.27. The van der Waals surface area contributed by atoms with Gasteiger partial charge < -0.3 is 44.1 Å². The van der Waals surface area contributed by atoms with E-state index in [0.717, 1.165) is 49.9 Å². The Bertz CT molecular complexity index is 4090. The number of phenolic OH excluding ortho intramolecular Hbond substituents is 1. The lowest BCUT2D eigenvalue weighted by molar-refractivity contribution is -0.137. The van der Waals surface area contributed by atoms with Gasteiger partial charge in [0.05, 0.1) is 43.7 Å². The van der Waals surface area contributed by atoms with Crippen LogP contribution in [-0.2, 0) is 33.1 Å². The van der Waals surface area contributed by atoms with Crippen LogP contribution in [0.5, 0.6) is 29.0 Å². The summed E-state index contributed by atoms with van der Waals surface area (Å²) in [5, 5.41) is 33.9. The molecule has 4 aliphatic heterocycles. The van der Waals surface area contributed by atoms with Gasteiger partial charge in [0.1, 0.15) is 80.6 Å². The Morgan fingerprint density at radius 1 is 0.965 bits per heavy atom. The standard InChI is InChI=1S/C63H66F2N10O10S/c1-7-47-51(64)14-10-39-23-44(76)26-49(57(39)47)59-58(65)60-50(29-66-59)62(74-33-42-11-12-43(34-74)67-42)69-63(68-60)85-36(3)30-73-18-16-45(17-19-73)82-20-21-83-46-13-15-55-53(27-46)84-37(4)31-75(86(55,79)80)32-41-22-38(9-8-35(41)2)48(28-56(77)78)40-24-52-61(54(25-40)81-6)72(5)71-70-52/h1,8-10,13-15,22-27,29,36-37,42-43,45,48,67,76H,11-12,16-21,28,30-34H2,2-6H3,(H,77,78)/t36?,37-,42-,43+,48?/m1/s1. The molecule has 2 bridgehead atoms. The number of carboxylic acid groups (broad SMARTS) is 1. The van der Waals surface area contributed by atoms with Crippen molar-refractivity contribution >= 4 is 54.5 Å². The molecule has 5 atom stereocenters. The van der Waals surface area contributed by atoms with Crippen molar-refractivity contribution < 1.29 is 55.9 Å². The number of sulfonamides is 1. The van der Waals surface area contributed by atoms with Crippen LogP contribution >= 0.6 is 0 Å². The highest BCUT2D eigenvalue weighted by Gasteiger charge is 2.37. The minimum Gasteiger partial charge on any atom is -0.508 e. The molecule has 3 saturated heterocycles. The number of nitrogens with zero attached hydrogens (tertiary/aromatic N) is 9. The van der Waals surface area contributed by atoms with E-state index in [1.54, 1.807) is 29.9 Å². The lowest BCUT2D eigenvalue weighted by Crippen LogP contribution is -2.51. The molecule has 0 aliphatic carbocycles. The zero-order chi connectivity index (χ0) is 60.1. The number of aliphatic carboxylic acids is 1. The van der Waals surface area contributed by atoms with Crippen LogP contribution in [0.1, 0.15) is 79.7 Å². The molecule has 20 nitrogen and oxygen atoms in total. The van der Waals surface area contributed by atoms with E-state index in [0.29, 0.717) is 76.5 Å². The van der Waals surface area contributed by atoms with E-state index in [-0.39, 0.29) is 94.4 Å². The highest BCUT2D eigenvalue weighted by atomic mass is 32.2. The van der Waals surface area contributed by atoms with Gasteiger partial charge >= 0.3 is 12.0 Å². The molecule has 3 fully saturated rings. The van der Waals surface area contributed by atoms with Gasteiger partial charge in [0.2, 0.25) is 10.0 Å². The van der Waals surface area contributed by atoms with Gasteiger partial charge in [-0.1, -0.05) is 35.4 Å². The minimum absolute atomic E-state index is 0.00539. The first-order valence-corrected chi connectivity index (χ1v) is 30.3. The Morgan fingerprint density at radius 2 is 1.76 bits per heavy atom. The van der Waals surface area contributed by atoms with Crippen molar-refractivity contribution in [3.8, 4) is 52.6 Å². The molecule has 12 rings (SSSR count). The summed E-state index contributed by atoms with van der Waals surface area (Å²) >= 11 is 0. The average Bonchev–Trinajstić information content (AvgIpc) is 1.32. The highest BCUT2D eigenvalue weighted by molar-refractivity contribution is 7.89. The van der Waals surface area contributed by atoms with E-state index in [1.165, 1.54) is 47.9 Å². The molecule has 3 N–H and O–H groups in total. The van der Waals surface area contributed by atoms with Crippen molar-refractivity contribution in [3.63, 3.8) is 0 Å². The number of benzene rings is 5. The zero-order valence-corrected chi connectivity index (χ0v) is 49.1. The first-order valence-electron chi connectivity index (χ1n) is 28.8. The molecule has 0 amide bonds. The number of halogens is 2. The van der Waals surface area contributed by atoms with Gasteiger partial charge in [0, 0.05) is 87.5 Å². The number of carboxylic acids is 1. The number of aromatic hydroxyl groups is 1. The van der Waals surface area contributed by atoms with Crippen molar-refractivity contribution in [2.45, 2.75) is 101 Å². The Labute approximate surface area is 496 Å². The normalized spacial score (nSPS) is 19.7. The van der Waals surface area contributed by atoms with Crippen molar-refractivity contribution in [1.29, 1.82) is 0 Å². The summed E-state index contributed by atoms with van der Waals surface area (Å²) in [4.78, 5) is 30.8. The highest BCUT2D eigenvalue weighted by Crippen LogP contribution is 2.41. The third-order valence-corrected chi connectivity index (χ3v) is 18.7. The number of terminal acetylenes is 1. The molecule has 8 aromatic rings. The van der Waals surface area contributed by atoms with Gasteiger partial charge in [-0.25, -0.2) is 21.9 Å². The number of pyridine rings is 1. The maximum absolute atomic E-state index is 17.2. The van der Waals surface area contributed by atoms with E-state index in [9.17, 15) is 23.4 Å². The molecule has 0 spiro atoms. The summed E-state index contributed by atoms with van der Waals surface area (Å²) in [6, 6.07) is 19.9. The van der Waals surface area contributed by atoms with Crippen LogP contribution in [0, 0.1) is 30.9 Å². The molecular formula is C63H66F2N10O10S. The number of hydrogen-bond acceptors (Lipinski definition) is 17. The number of aromatic nitrogens is 6. The number of fused-ring (bicyclic) bond motifs is 6. The first kappa shape index (κ1) is 58.1. The Balaban J connectivity index is 0.669. The van der Waals surface area contributed by atoms with Crippen LogP contribution in [-0.4, -0.2) is 154 Å². The average molecular weight is 1190 g/mol. The van der Waals surface area contributed by atoms with E-state index >= 15 is 8.78 Å². The number of aryl methyl sites for hydroxylation is 2. The molecule has 23 heteroatoms. The van der Waals surface area contributed by atoms with Gasteiger partial charge in [-0.3, -0.25) is 14.7 Å². The smallest absolute Gasteiger partial charge is 0.319 e. The number of ether oxygens (including phenoxy) is 5. The maximum atomic E-state index is 17.2. The van der Waals surface area contributed by atoms with Gasteiger partial charge in [0.15, 0.2) is 5.82 Å². The second-order valence-electron chi connectivity index (χ2n) is 22.8. The molecule has 0 radical (unpaired) electrons. The third kappa shape index (κ3) is 11.6. The van der Waals surface area contributed by atoms with Crippen molar-refractivity contribution in [2.75, 3.05) is 64.5 Å². The number of carbonyl (C=O) groups is 1. The van der Waals surface area contributed by atoms with Crippen molar-refractivity contribution in [2.24, 2.45) is 7.05 Å². The van der Waals surface area contributed by atoms with Crippen LogP contribution in [0.3, 0.4) is 0 Å². The Kier molecular flexibility index (Phi) is 16.1. The fraction of sp³-hybridized carbons (Fsp3) is 0.397. The number of rotatable bonds is 18. The summed E-state index contributed by atoms with van der Waals surface area (Å²) in [7, 11) is -0.793. The molecule has 4 aliphatic rings. The number of piperidine rings is 1. The second-order valence-corrected chi connectivity index (χ2v) is 24.7. The van der Waals surface area contributed by atoms with Crippen LogP contribution in [0.25, 0.3) is 44.0 Å². The van der Waals surface area contributed by atoms with Crippen LogP contribution in [0.4, 0.5) is 14.6 Å². The molecule has 86 heavy (non-hydrogen) atoms. The second kappa shape index (κ2) is 23.9. The van der Waals surface area contributed by atoms with E-state index in [2.05, 4.69) is 41.3 Å². The summed E-state index contributed by atoms with van der Waals surface area (Å²) in [6.45, 7) is 9.54. The van der Waals surface area contributed by atoms with E-state index < -0.39 is 45.8 Å². The topological polar surface area (TPSA) is 229 Å². The van der Waals surface area contributed by atoms with Gasteiger partial charge in [0.25, 0.3) is 0 Å². The quantitative estimate of drug-likeness (QED) is 0.0542. The number of methoxy groups -OCH3 is 1. The molecule has 0 saturated carbocycles. The van der Waals surface area contributed by atoms with Crippen molar-refractivity contribution in [1.82, 2.24) is 44.5 Å². The number of nitrogens with one attached hydrogen (secondary N) is 1. The van der Waals surface area contributed by atoms with Crippen LogP contribution in [0.15, 0.2) is 83.9 Å². The maximum Gasteiger partial charge on any atom is 0.319 e. The number of anilines is 1. The summed E-state index contributed by atoms with van der Waals surface area (Å²) in [5.41, 5.74) is 4.05. The van der Waals surface area contributed by atoms with Gasteiger partial charge in [-0.05, 0) is 117 Å². The largest absolute Gasteiger partial charge is 0.508 e. The lowest BCUT2D eigenvalue weighted by Gasteiger charge is -2.34. The number of hydrogen-bond donors (Lipinski definition) is 3. The van der Waals surface area contributed by atoms with E-state index in [4.69, 9.17) is 35.1 Å². The molecule has 448 valence electrons. The number of piperazine rings is 1. The third-order valence-electron chi connectivity index (χ3n) is 16.8. The SMILES string of the molecule is C#Cc1c(F)ccc2cc(O)cc(-c3ncc4c(N5C[C@H]6CC[C@@H](C5)N6)nc(OC(C)CN5CCC(OCCOc6ccc7c(c6)O[C@H](C)CN(Cc6cc(C(CC(=O)O)c8cc(OC)c9c(c8)nnn9C)ccc6C)S7(=O)=O)CC5)nc4c3F)c12. The van der Waals surface area contributed by atoms with E-state index in [1.807, 2.05) is 45.0 Å². The van der Waals surface area contributed by atoms with Crippen molar-refractivity contribution in [3.05, 3.63) is 118 Å². The Morgan fingerprint density at radius 3 is 2.51 bits per heavy atom. The van der Waals surface area contributed by atoms with Crippen LogP contribution < -0.4 is 29.2 Å². The minimum atomic E-state index is -4.08. The molecule has 7 heterocycles. The van der Waals surface area contributed by atoms with Gasteiger partial charge in [-0.15, -0.1) is 11.5 Å². The fourth-order valence-electron chi connectivity index (χ4n) is 12.7. The summed E-state index contributed by atoms with van der Waals surface area (Å²) < 4.78 is 94.9. The molecule has 2 unspecified atom stereocenters.